The Morgan fingerprint density at radius 1 is 1.24 bits per heavy atom. The summed E-state index contributed by atoms with van der Waals surface area (Å²) in [5.41, 5.74) is 0.551. The predicted molar refractivity (Wildman–Crippen MR) is 81.6 cm³/mol. The van der Waals surface area contributed by atoms with Crippen molar-refractivity contribution < 1.29 is 14.5 Å². The highest BCUT2D eigenvalue weighted by Crippen LogP contribution is 2.09. The van der Waals surface area contributed by atoms with Crippen LogP contribution in [0.4, 0.5) is 0 Å². The first-order valence-corrected chi connectivity index (χ1v) is 7.57. The van der Waals surface area contributed by atoms with Crippen molar-refractivity contribution in [2.75, 3.05) is 39.8 Å². The molecule has 1 aromatic carbocycles. The lowest BCUT2D eigenvalue weighted by Gasteiger charge is -2.30. The number of hydrogen-bond acceptors (Lipinski definition) is 2. The highest BCUT2D eigenvalue weighted by atomic mass is 35.5. The number of likely N-dealkylation sites (N-methyl/N-ethyl adjacent to an activating group) is 1. The van der Waals surface area contributed by atoms with Gasteiger partial charge in [-0.1, -0.05) is 11.6 Å². The van der Waals surface area contributed by atoms with Crippen LogP contribution in [-0.4, -0.2) is 56.5 Å². The third-order valence-corrected chi connectivity index (χ3v) is 3.95. The van der Waals surface area contributed by atoms with E-state index in [1.165, 1.54) is 4.90 Å². The van der Waals surface area contributed by atoms with Gasteiger partial charge in [-0.25, -0.2) is 0 Å². The molecule has 6 heteroatoms. The van der Waals surface area contributed by atoms with Crippen LogP contribution in [0.3, 0.4) is 0 Å². The summed E-state index contributed by atoms with van der Waals surface area (Å²) in [5, 5.41) is 3.36. The molecule has 0 spiro atoms. The van der Waals surface area contributed by atoms with Crippen molar-refractivity contribution in [3.63, 3.8) is 0 Å². The zero-order valence-electron chi connectivity index (χ0n) is 12.2. The fraction of sp³-hybridized carbons (Fsp3) is 0.467. The zero-order chi connectivity index (χ0) is 15.2. The first-order chi connectivity index (χ1) is 10.1. The molecule has 0 atom stereocenters. The van der Waals surface area contributed by atoms with Crippen molar-refractivity contribution in [3.05, 3.63) is 34.9 Å². The van der Waals surface area contributed by atoms with Crippen molar-refractivity contribution in [1.82, 2.24) is 10.2 Å². The first-order valence-electron chi connectivity index (χ1n) is 7.19. The summed E-state index contributed by atoms with van der Waals surface area (Å²) in [7, 11) is 2.13. The number of carbonyl (C=O) groups is 2. The number of benzene rings is 1. The van der Waals surface area contributed by atoms with Crippen molar-refractivity contribution >= 4 is 23.4 Å². The van der Waals surface area contributed by atoms with Gasteiger partial charge in [0.2, 0.25) is 5.91 Å². The van der Waals surface area contributed by atoms with E-state index < -0.39 is 0 Å². The molecule has 2 amide bonds. The molecule has 5 nitrogen and oxygen atoms in total. The molecule has 1 fully saturated rings. The molecular weight excluding hydrogens is 290 g/mol. The summed E-state index contributed by atoms with van der Waals surface area (Å²) in [5.74, 6) is -0.0683. The van der Waals surface area contributed by atoms with Gasteiger partial charge < -0.3 is 15.1 Å². The SMILES string of the molecule is C[NH+]1CCN(C(=O)CCNC(=O)c2ccc(Cl)cc2)CC1. The number of amides is 2. The van der Waals surface area contributed by atoms with E-state index >= 15 is 0 Å². The monoisotopic (exact) mass is 310 g/mol. The third kappa shape index (κ3) is 4.72. The van der Waals surface area contributed by atoms with E-state index in [2.05, 4.69) is 12.4 Å². The molecule has 114 valence electrons. The minimum absolute atomic E-state index is 0.110. The van der Waals surface area contributed by atoms with Crippen LogP contribution in [-0.2, 0) is 4.79 Å². The Hall–Kier alpha value is -1.59. The van der Waals surface area contributed by atoms with Crippen molar-refractivity contribution in [3.8, 4) is 0 Å². The number of quaternary nitrogens is 1. The quantitative estimate of drug-likeness (QED) is 0.810. The summed E-state index contributed by atoms with van der Waals surface area (Å²) < 4.78 is 0. The molecule has 1 aliphatic heterocycles. The van der Waals surface area contributed by atoms with E-state index in [0.29, 0.717) is 23.6 Å². The second-order valence-electron chi connectivity index (χ2n) is 5.35. The third-order valence-electron chi connectivity index (χ3n) is 3.70. The largest absolute Gasteiger partial charge is 0.352 e. The van der Waals surface area contributed by atoms with Gasteiger partial charge in [-0.05, 0) is 24.3 Å². The number of carbonyl (C=O) groups excluding carboxylic acids is 2. The molecular formula is C15H21ClN3O2+. The van der Waals surface area contributed by atoms with Gasteiger partial charge in [0.15, 0.2) is 0 Å². The minimum atomic E-state index is -0.178. The second-order valence-corrected chi connectivity index (χ2v) is 5.79. The van der Waals surface area contributed by atoms with Crippen LogP contribution in [0.5, 0.6) is 0 Å². The van der Waals surface area contributed by atoms with Gasteiger partial charge in [-0.2, -0.15) is 0 Å². The Bertz CT molecular complexity index is 496. The van der Waals surface area contributed by atoms with Crippen LogP contribution in [0.15, 0.2) is 24.3 Å². The Kier molecular flexibility index (Phi) is 5.59. The fourth-order valence-electron chi connectivity index (χ4n) is 2.28. The van der Waals surface area contributed by atoms with Crippen LogP contribution in [0.1, 0.15) is 16.8 Å². The van der Waals surface area contributed by atoms with Crippen molar-refractivity contribution in [1.29, 1.82) is 0 Å². The smallest absolute Gasteiger partial charge is 0.251 e. The standard InChI is InChI=1S/C15H20ClN3O2/c1-18-8-10-19(11-9-18)14(20)6-7-17-15(21)12-2-4-13(16)5-3-12/h2-5H,6-11H2,1H3,(H,17,21)/p+1. The number of hydrogen-bond donors (Lipinski definition) is 2. The molecule has 0 radical (unpaired) electrons. The van der Waals surface area contributed by atoms with Crippen LogP contribution < -0.4 is 10.2 Å². The average Bonchev–Trinajstić information content (AvgIpc) is 2.48. The van der Waals surface area contributed by atoms with Gasteiger partial charge in [-0.15, -0.1) is 0 Å². The van der Waals surface area contributed by atoms with E-state index in [4.69, 9.17) is 11.6 Å². The highest BCUT2D eigenvalue weighted by molar-refractivity contribution is 6.30. The van der Waals surface area contributed by atoms with Gasteiger partial charge in [0.1, 0.15) is 0 Å². The minimum Gasteiger partial charge on any atom is -0.352 e. The van der Waals surface area contributed by atoms with Gasteiger partial charge in [0.05, 0.1) is 33.2 Å². The Balaban J connectivity index is 1.72. The first kappa shape index (κ1) is 15.8. The number of nitrogens with one attached hydrogen (secondary N) is 2. The highest BCUT2D eigenvalue weighted by Gasteiger charge is 2.20. The topological polar surface area (TPSA) is 53.9 Å². The molecule has 1 heterocycles. The fourth-order valence-corrected chi connectivity index (χ4v) is 2.41. The molecule has 1 saturated heterocycles. The number of halogens is 1. The number of nitrogens with zero attached hydrogens (tertiary/aromatic N) is 1. The molecule has 0 aliphatic carbocycles. The maximum atomic E-state index is 12.0. The lowest BCUT2D eigenvalue weighted by molar-refractivity contribution is -0.883. The summed E-state index contributed by atoms with van der Waals surface area (Å²) in [6.45, 7) is 3.94. The second kappa shape index (κ2) is 7.43. The van der Waals surface area contributed by atoms with Crippen LogP contribution in [0.2, 0.25) is 5.02 Å². The van der Waals surface area contributed by atoms with E-state index in [0.717, 1.165) is 26.2 Å². The molecule has 1 aliphatic rings. The average molecular weight is 311 g/mol. The summed E-state index contributed by atoms with van der Waals surface area (Å²) >= 11 is 5.77. The summed E-state index contributed by atoms with van der Waals surface area (Å²) in [6, 6.07) is 6.69. The van der Waals surface area contributed by atoms with Crippen LogP contribution >= 0.6 is 11.6 Å². The van der Waals surface area contributed by atoms with Crippen LogP contribution in [0.25, 0.3) is 0 Å². The Morgan fingerprint density at radius 3 is 2.48 bits per heavy atom. The van der Waals surface area contributed by atoms with Gasteiger partial charge in [0, 0.05) is 23.6 Å². The molecule has 0 aromatic heterocycles. The zero-order valence-corrected chi connectivity index (χ0v) is 12.9. The predicted octanol–water partition coefficient (Wildman–Crippen LogP) is -0.183. The van der Waals surface area contributed by atoms with Gasteiger partial charge >= 0.3 is 0 Å². The molecule has 2 rings (SSSR count). The van der Waals surface area contributed by atoms with E-state index in [9.17, 15) is 9.59 Å². The normalized spacial score (nSPS) is 15.8. The number of piperazine rings is 1. The van der Waals surface area contributed by atoms with Crippen LogP contribution in [0, 0.1) is 0 Å². The molecule has 0 saturated carbocycles. The lowest BCUT2D eigenvalue weighted by atomic mass is 10.2. The molecule has 21 heavy (non-hydrogen) atoms. The van der Waals surface area contributed by atoms with Crippen molar-refractivity contribution in [2.24, 2.45) is 0 Å². The molecule has 0 bridgehead atoms. The van der Waals surface area contributed by atoms with E-state index in [1.54, 1.807) is 24.3 Å². The van der Waals surface area contributed by atoms with Gasteiger partial charge in [0.25, 0.3) is 5.91 Å². The molecule has 0 unspecified atom stereocenters. The Labute approximate surface area is 129 Å². The van der Waals surface area contributed by atoms with Crippen molar-refractivity contribution in [2.45, 2.75) is 6.42 Å². The number of rotatable bonds is 4. The summed E-state index contributed by atoms with van der Waals surface area (Å²) in [4.78, 5) is 27.2. The van der Waals surface area contributed by atoms with E-state index in [1.807, 2.05) is 4.90 Å². The maximum absolute atomic E-state index is 12.0. The van der Waals surface area contributed by atoms with Gasteiger partial charge in [-0.3, -0.25) is 9.59 Å². The molecule has 1 aromatic rings. The lowest BCUT2D eigenvalue weighted by Crippen LogP contribution is -3.12. The molecule has 2 N–H and O–H groups in total. The Morgan fingerprint density at radius 2 is 1.86 bits per heavy atom. The summed E-state index contributed by atoms with van der Waals surface area (Å²) in [6.07, 6.45) is 0.346. The van der Waals surface area contributed by atoms with E-state index in [-0.39, 0.29) is 11.8 Å². The maximum Gasteiger partial charge on any atom is 0.251 e.